The van der Waals surface area contributed by atoms with E-state index in [1.807, 2.05) is 56.9 Å². The smallest absolute Gasteiger partial charge is 0.338 e. The van der Waals surface area contributed by atoms with Gasteiger partial charge in [-0.15, -0.1) is 0 Å². The van der Waals surface area contributed by atoms with Crippen LogP contribution < -0.4 is 10.6 Å². The summed E-state index contributed by atoms with van der Waals surface area (Å²) in [5.74, 6) is -0.0497. The fourth-order valence-electron chi connectivity index (χ4n) is 3.87. The molecule has 0 bridgehead atoms. The minimum absolute atomic E-state index is 0.0310. The van der Waals surface area contributed by atoms with Crippen LogP contribution in [-0.4, -0.2) is 35.0 Å². The number of allylic oxidation sites excluding steroid dienone is 1. The van der Waals surface area contributed by atoms with Crippen LogP contribution in [0.15, 0.2) is 35.5 Å². The summed E-state index contributed by atoms with van der Waals surface area (Å²) in [6, 6.07) is 7.17. The van der Waals surface area contributed by atoms with Gasteiger partial charge in [-0.05, 0) is 56.1 Å². The topological polar surface area (TPSA) is 70.7 Å². The second-order valence-electron chi connectivity index (χ2n) is 8.95. The van der Waals surface area contributed by atoms with E-state index in [2.05, 4.69) is 17.6 Å². The van der Waals surface area contributed by atoms with Crippen LogP contribution in [0.2, 0.25) is 0 Å². The summed E-state index contributed by atoms with van der Waals surface area (Å²) in [6.07, 6.45) is 6.13. The quantitative estimate of drug-likeness (QED) is 0.230. The molecule has 0 aliphatic carbocycles. The molecular formula is C26H39N3O3S. The van der Waals surface area contributed by atoms with Gasteiger partial charge in [-0.1, -0.05) is 58.6 Å². The number of carbonyl (C=O) groups is 2. The Balaban J connectivity index is 2.13. The maximum absolute atomic E-state index is 13.0. The van der Waals surface area contributed by atoms with Gasteiger partial charge in [0, 0.05) is 24.4 Å². The number of anilines is 1. The molecule has 182 valence electrons. The highest BCUT2D eigenvalue weighted by atomic mass is 32.1. The summed E-state index contributed by atoms with van der Waals surface area (Å²) in [5, 5.41) is 6.85. The van der Waals surface area contributed by atoms with Gasteiger partial charge in [0.1, 0.15) is 0 Å². The van der Waals surface area contributed by atoms with Gasteiger partial charge in [-0.3, -0.25) is 4.79 Å². The average Bonchev–Trinajstić information content (AvgIpc) is 2.77. The minimum Gasteiger partial charge on any atom is -0.462 e. The third-order valence-electron chi connectivity index (χ3n) is 5.72. The molecule has 1 atom stereocenters. The van der Waals surface area contributed by atoms with Gasteiger partial charge in [0.2, 0.25) is 5.91 Å². The van der Waals surface area contributed by atoms with Crippen molar-refractivity contribution in [1.29, 1.82) is 0 Å². The third kappa shape index (κ3) is 7.84. The fourth-order valence-corrected chi connectivity index (χ4v) is 4.25. The van der Waals surface area contributed by atoms with Gasteiger partial charge in [0.15, 0.2) is 5.11 Å². The molecule has 0 fully saturated rings. The Bertz CT molecular complexity index is 849. The van der Waals surface area contributed by atoms with Gasteiger partial charge in [0.25, 0.3) is 0 Å². The maximum Gasteiger partial charge on any atom is 0.338 e. The predicted molar refractivity (Wildman–Crippen MR) is 138 cm³/mol. The summed E-state index contributed by atoms with van der Waals surface area (Å²) in [6.45, 7) is 11.1. The van der Waals surface area contributed by atoms with Crippen LogP contribution in [0.3, 0.4) is 0 Å². The van der Waals surface area contributed by atoms with Gasteiger partial charge in [0.05, 0.1) is 18.2 Å². The zero-order chi connectivity index (χ0) is 24.4. The van der Waals surface area contributed by atoms with Crippen LogP contribution in [0.4, 0.5) is 5.69 Å². The summed E-state index contributed by atoms with van der Waals surface area (Å²) in [5.41, 5.74) is 3.01. The number of esters is 1. The van der Waals surface area contributed by atoms with E-state index in [9.17, 15) is 9.59 Å². The second-order valence-corrected chi connectivity index (χ2v) is 9.34. The SMILES string of the molecule is CCCCCCCC(=O)Nc1ccc(C2NC(=S)N(CC)C(C)=C2C(=O)OCC(C)C)cc1. The molecule has 0 saturated heterocycles. The molecule has 1 unspecified atom stereocenters. The van der Waals surface area contributed by atoms with Crippen molar-refractivity contribution in [3.05, 3.63) is 41.1 Å². The molecule has 33 heavy (non-hydrogen) atoms. The van der Waals surface area contributed by atoms with Gasteiger partial charge in [-0.25, -0.2) is 4.79 Å². The van der Waals surface area contributed by atoms with Crippen LogP contribution in [-0.2, 0) is 14.3 Å². The lowest BCUT2D eigenvalue weighted by Gasteiger charge is -2.37. The third-order valence-corrected chi connectivity index (χ3v) is 6.05. The molecule has 1 heterocycles. The summed E-state index contributed by atoms with van der Waals surface area (Å²) in [4.78, 5) is 27.1. The van der Waals surface area contributed by atoms with Crippen LogP contribution >= 0.6 is 12.2 Å². The normalized spacial score (nSPS) is 16.1. The molecule has 0 spiro atoms. The highest BCUT2D eigenvalue weighted by Gasteiger charge is 2.34. The van der Waals surface area contributed by atoms with E-state index in [1.54, 1.807) is 0 Å². The van der Waals surface area contributed by atoms with Crippen molar-refractivity contribution in [3.63, 3.8) is 0 Å². The van der Waals surface area contributed by atoms with Crippen molar-refractivity contribution in [2.24, 2.45) is 5.92 Å². The lowest BCUT2D eigenvalue weighted by Crippen LogP contribution is -2.47. The number of hydrogen-bond acceptors (Lipinski definition) is 4. The molecule has 0 saturated carbocycles. The lowest BCUT2D eigenvalue weighted by molar-refractivity contribution is -0.140. The first kappa shape index (κ1) is 26.8. The Kier molecular flexibility index (Phi) is 10.8. The Morgan fingerprint density at radius 2 is 1.79 bits per heavy atom. The highest BCUT2D eigenvalue weighted by molar-refractivity contribution is 7.80. The average molecular weight is 474 g/mol. The number of unbranched alkanes of at least 4 members (excludes halogenated alkanes) is 4. The minimum atomic E-state index is -0.400. The molecule has 1 aromatic rings. The van der Waals surface area contributed by atoms with Crippen molar-refractivity contribution in [2.75, 3.05) is 18.5 Å². The van der Waals surface area contributed by atoms with Crippen LogP contribution in [0.25, 0.3) is 0 Å². The molecule has 1 aromatic carbocycles. The zero-order valence-corrected chi connectivity index (χ0v) is 21.5. The Morgan fingerprint density at radius 1 is 1.12 bits per heavy atom. The van der Waals surface area contributed by atoms with Gasteiger partial charge >= 0.3 is 5.97 Å². The largest absolute Gasteiger partial charge is 0.462 e. The van der Waals surface area contributed by atoms with Gasteiger partial charge in [-0.2, -0.15) is 0 Å². The molecule has 6 nitrogen and oxygen atoms in total. The number of thiocarbonyl (C=S) groups is 1. The van der Waals surface area contributed by atoms with E-state index in [-0.39, 0.29) is 17.8 Å². The number of hydrogen-bond donors (Lipinski definition) is 2. The van der Waals surface area contributed by atoms with E-state index in [1.165, 1.54) is 19.3 Å². The number of nitrogens with one attached hydrogen (secondary N) is 2. The van der Waals surface area contributed by atoms with Crippen LogP contribution in [0.5, 0.6) is 0 Å². The monoisotopic (exact) mass is 473 g/mol. The van der Waals surface area contributed by atoms with Crippen molar-refractivity contribution in [2.45, 2.75) is 79.2 Å². The predicted octanol–water partition coefficient (Wildman–Crippen LogP) is 5.71. The molecule has 1 amide bonds. The first-order valence-electron chi connectivity index (χ1n) is 12.1. The van der Waals surface area contributed by atoms with Crippen LogP contribution in [0, 0.1) is 5.92 Å². The molecule has 1 aliphatic rings. The molecular weight excluding hydrogens is 434 g/mol. The van der Waals surface area contributed by atoms with E-state index in [0.29, 0.717) is 30.3 Å². The van der Waals surface area contributed by atoms with Crippen molar-refractivity contribution in [1.82, 2.24) is 10.2 Å². The van der Waals surface area contributed by atoms with E-state index in [0.717, 1.165) is 29.8 Å². The summed E-state index contributed by atoms with van der Waals surface area (Å²) >= 11 is 5.55. The fraction of sp³-hybridized carbons (Fsp3) is 0.577. The maximum atomic E-state index is 13.0. The first-order valence-corrected chi connectivity index (χ1v) is 12.5. The Labute approximate surface area is 204 Å². The molecule has 0 radical (unpaired) electrons. The summed E-state index contributed by atoms with van der Waals surface area (Å²) in [7, 11) is 0. The van der Waals surface area contributed by atoms with E-state index in [4.69, 9.17) is 17.0 Å². The standard InChI is InChI=1S/C26H39N3O3S/c1-6-8-9-10-11-12-22(30)27-21-15-13-20(14-16-21)24-23(25(31)32-17-18(3)4)19(5)29(7-2)26(33)28-24/h13-16,18,24H,6-12,17H2,1-5H3,(H,27,30)(H,28,33). The van der Waals surface area contributed by atoms with E-state index >= 15 is 0 Å². The number of carbonyl (C=O) groups excluding carboxylic acids is 2. The number of nitrogens with zero attached hydrogens (tertiary/aromatic N) is 1. The van der Waals surface area contributed by atoms with Crippen molar-refractivity contribution < 1.29 is 14.3 Å². The number of amides is 1. The van der Waals surface area contributed by atoms with Crippen molar-refractivity contribution >= 4 is 34.9 Å². The number of ether oxygens (including phenoxy) is 1. The van der Waals surface area contributed by atoms with Crippen LogP contribution in [0.1, 0.15) is 84.7 Å². The molecule has 2 N–H and O–H groups in total. The highest BCUT2D eigenvalue weighted by Crippen LogP contribution is 2.32. The summed E-state index contributed by atoms with van der Waals surface area (Å²) < 4.78 is 5.57. The number of benzene rings is 1. The Hall–Kier alpha value is -2.41. The van der Waals surface area contributed by atoms with Crippen molar-refractivity contribution in [3.8, 4) is 0 Å². The first-order chi connectivity index (χ1) is 15.8. The lowest BCUT2D eigenvalue weighted by atomic mass is 9.94. The van der Waals surface area contributed by atoms with Gasteiger partial charge < -0.3 is 20.3 Å². The molecule has 0 aromatic heterocycles. The number of rotatable bonds is 12. The Morgan fingerprint density at radius 3 is 2.39 bits per heavy atom. The molecule has 7 heteroatoms. The molecule has 2 rings (SSSR count). The van der Waals surface area contributed by atoms with E-state index < -0.39 is 6.04 Å². The zero-order valence-electron chi connectivity index (χ0n) is 20.7. The molecule has 1 aliphatic heterocycles. The second kappa shape index (κ2) is 13.3.